The Hall–Kier alpha value is -0.473. The van der Waals surface area contributed by atoms with Gasteiger partial charge in [0.1, 0.15) is 0 Å². The first-order valence-electron chi connectivity index (χ1n) is 9.37. The zero-order valence-electron chi connectivity index (χ0n) is 16.6. The van der Waals surface area contributed by atoms with Crippen LogP contribution in [0.2, 0.25) is 0 Å². The van der Waals surface area contributed by atoms with Crippen molar-refractivity contribution in [3.63, 3.8) is 0 Å². The van der Waals surface area contributed by atoms with E-state index in [1.54, 1.807) is 21.3 Å². The molecule has 0 saturated heterocycles. The topological polar surface area (TPSA) is 51.8 Å². The Bertz CT molecular complexity index is 414. The van der Waals surface area contributed by atoms with Gasteiger partial charge in [-0.05, 0) is 31.5 Å². The summed E-state index contributed by atoms with van der Waals surface area (Å²) in [6, 6.07) is 10.6. The largest absolute Gasteiger partial charge is 0.514 e. The summed E-state index contributed by atoms with van der Waals surface area (Å²) < 4.78 is 16.1. The first-order chi connectivity index (χ1) is 12.3. The first kappa shape index (κ1) is 25.5. The van der Waals surface area contributed by atoms with Crippen LogP contribution < -0.4 is 10.6 Å². The molecule has 0 amide bonds. The summed E-state index contributed by atoms with van der Waals surface area (Å²) in [5.41, 5.74) is 1.36. The maximum absolute atomic E-state index is 5.38. The van der Waals surface area contributed by atoms with Crippen LogP contribution in [0.3, 0.4) is 0 Å². The number of benzene rings is 1. The predicted molar refractivity (Wildman–Crippen MR) is 113 cm³/mol. The van der Waals surface area contributed by atoms with Crippen molar-refractivity contribution in [3.8, 4) is 0 Å². The molecule has 0 aliphatic rings. The molecule has 0 spiro atoms. The van der Waals surface area contributed by atoms with Crippen LogP contribution in [0, 0.1) is 0 Å². The monoisotopic (exact) mass is 404 g/mol. The van der Waals surface area contributed by atoms with Crippen LogP contribution in [0.5, 0.6) is 0 Å². The smallest absolute Gasteiger partial charge is 0.376 e. The second kappa shape index (κ2) is 16.7. The fourth-order valence-corrected chi connectivity index (χ4v) is 4.16. The lowest BCUT2D eigenvalue weighted by Gasteiger charge is -2.24. The Morgan fingerprint density at radius 1 is 0.731 bits per heavy atom. The molecule has 7 heteroatoms. The summed E-state index contributed by atoms with van der Waals surface area (Å²) in [7, 11) is 2.49. The maximum Gasteiger partial charge on any atom is 0.514 e. The molecule has 1 rings (SSSR count). The minimum atomic E-state index is -2.45. The first-order valence-corrected chi connectivity index (χ1v) is 11.3. The van der Waals surface area contributed by atoms with Crippen LogP contribution in [0.4, 0.5) is 0 Å². The fourth-order valence-electron chi connectivity index (χ4n) is 2.74. The van der Waals surface area contributed by atoms with Gasteiger partial charge in [0.05, 0.1) is 6.17 Å². The summed E-state index contributed by atoms with van der Waals surface area (Å²) in [5.74, 6) is 0. The highest BCUT2D eigenvalue weighted by molar-refractivity contribution is 6.60. The summed E-state index contributed by atoms with van der Waals surface area (Å²) in [4.78, 5) is 0. The van der Waals surface area contributed by atoms with Gasteiger partial charge in [-0.25, -0.2) is 0 Å². The second-order valence-electron chi connectivity index (χ2n) is 6.26. The van der Waals surface area contributed by atoms with E-state index in [2.05, 4.69) is 41.0 Å². The molecule has 0 atom stereocenters. The van der Waals surface area contributed by atoms with E-state index in [9.17, 15) is 0 Å². The molecule has 1 aromatic rings. The maximum atomic E-state index is 5.38. The van der Waals surface area contributed by atoms with E-state index < -0.39 is 8.80 Å². The van der Waals surface area contributed by atoms with Crippen molar-refractivity contribution >= 4 is 21.2 Å². The minimum absolute atomic E-state index is 0. The Morgan fingerprint density at radius 2 is 1.23 bits per heavy atom. The van der Waals surface area contributed by atoms with Crippen LogP contribution >= 0.6 is 12.4 Å². The lowest BCUT2D eigenvalue weighted by atomic mass is 10.1. The SMILES string of the molecule is CO[Si](CNCCCCCCCCNCc1ccccc1)(OC)OC.Cl. The number of halogens is 1. The van der Waals surface area contributed by atoms with E-state index in [0.717, 1.165) is 19.6 Å². The van der Waals surface area contributed by atoms with E-state index in [1.165, 1.54) is 44.1 Å². The molecular formula is C19H37ClN2O3Si. The normalized spacial score (nSPS) is 11.3. The van der Waals surface area contributed by atoms with Crippen molar-refractivity contribution < 1.29 is 13.3 Å². The highest BCUT2D eigenvalue weighted by Crippen LogP contribution is 2.06. The van der Waals surface area contributed by atoms with Gasteiger partial charge < -0.3 is 23.9 Å². The molecule has 2 N–H and O–H groups in total. The van der Waals surface area contributed by atoms with Crippen LogP contribution in [0.15, 0.2) is 30.3 Å². The lowest BCUT2D eigenvalue weighted by Crippen LogP contribution is -2.52. The van der Waals surface area contributed by atoms with Gasteiger partial charge in [0.25, 0.3) is 0 Å². The molecule has 0 aliphatic carbocycles. The van der Waals surface area contributed by atoms with Crippen LogP contribution in [0.25, 0.3) is 0 Å². The van der Waals surface area contributed by atoms with Gasteiger partial charge in [0, 0.05) is 27.9 Å². The quantitative estimate of drug-likeness (QED) is 0.326. The van der Waals surface area contributed by atoms with Crippen molar-refractivity contribution in [1.82, 2.24) is 10.6 Å². The molecule has 0 saturated carbocycles. The van der Waals surface area contributed by atoms with Gasteiger partial charge >= 0.3 is 8.80 Å². The lowest BCUT2D eigenvalue weighted by molar-refractivity contribution is 0.122. The van der Waals surface area contributed by atoms with Crippen LogP contribution in [0.1, 0.15) is 44.1 Å². The third-order valence-electron chi connectivity index (χ3n) is 4.40. The van der Waals surface area contributed by atoms with Crippen LogP contribution in [-0.2, 0) is 19.8 Å². The van der Waals surface area contributed by atoms with Gasteiger partial charge in [-0.1, -0.05) is 56.0 Å². The van der Waals surface area contributed by atoms with Gasteiger partial charge in [0.2, 0.25) is 0 Å². The van der Waals surface area contributed by atoms with Crippen molar-refractivity contribution in [2.24, 2.45) is 0 Å². The van der Waals surface area contributed by atoms with Gasteiger partial charge in [-0.15, -0.1) is 12.4 Å². The van der Waals surface area contributed by atoms with E-state index in [4.69, 9.17) is 13.3 Å². The third kappa shape index (κ3) is 11.3. The van der Waals surface area contributed by atoms with Crippen molar-refractivity contribution in [1.29, 1.82) is 0 Å². The van der Waals surface area contributed by atoms with Crippen molar-refractivity contribution in [2.75, 3.05) is 40.6 Å². The van der Waals surface area contributed by atoms with E-state index in [1.807, 2.05) is 0 Å². The summed E-state index contributed by atoms with van der Waals surface area (Å²) in [5, 5.41) is 6.90. The number of hydrogen-bond donors (Lipinski definition) is 2. The summed E-state index contributed by atoms with van der Waals surface area (Å²) in [6.07, 6.45) is 8.32. The molecule has 152 valence electrons. The number of nitrogens with one attached hydrogen (secondary N) is 2. The van der Waals surface area contributed by atoms with Gasteiger partial charge in [0.15, 0.2) is 0 Å². The van der Waals surface area contributed by atoms with Gasteiger partial charge in [-0.2, -0.15) is 0 Å². The Balaban J connectivity index is 0.00000625. The molecule has 0 aliphatic heterocycles. The molecular weight excluding hydrogens is 368 g/mol. The van der Waals surface area contributed by atoms with Gasteiger partial charge in [-0.3, -0.25) is 0 Å². The molecule has 0 bridgehead atoms. The van der Waals surface area contributed by atoms with Crippen molar-refractivity contribution in [2.45, 2.75) is 45.1 Å². The highest BCUT2D eigenvalue weighted by Gasteiger charge is 2.37. The average Bonchev–Trinajstić information content (AvgIpc) is 2.67. The summed E-state index contributed by atoms with van der Waals surface area (Å²) in [6.45, 7) is 3.07. The fraction of sp³-hybridized carbons (Fsp3) is 0.684. The molecule has 26 heavy (non-hydrogen) atoms. The minimum Gasteiger partial charge on any atom is -0.376 e. The van der Waals surface area contributed by atoms with E-state index >= 15 is 0 Å². The zero-order chi connectivity index (χ0) is 18.2. The van der Waals surface area contributed by atoms with E-state index in [0.29, 0.717) is 6.17 Å². The number of unbranched alkanes of at least 4 members (excludes halogenated alkanes) is 5. The molecule has 0 fully saturated rings. The highest BCUT2D eigenvalue weighted by atomic mass is 35.5. The third-order valence-corrected chi connectivity index (χ3v) is 6.95. The van der Waals surface area contributed by atoms with Crippen LogP contribution in [-0.4, -0.2) is 49.4 Å². The molecule has 0 radical (unpaired) electrons. The molecule has 1 aromatic carbocycles. The average molecular weight is 405 g/mol. The Morgan fingerprint density at radius 3 is 1.77 bits per heavy atom. The molecule has 0 unspecified atom stereocenters. The second-order valence-corrected chi connectivity index (χ2v) is 9.20. The Labute approximate surface area is 167 Å². The number of hydrogen-bond acceptors (Lipinski definition) is 5. The molecule has 0 heterocycles. The Kier molecular flexibility index (Phi) is 16.4. The summed E-state index contributed by atoms with van der Waals surface area (Å²) >= 11 is 0. The molecule has 0 aromatic heterocycles. The zero-order valence-corrected chi connectivity index (χ0v) is 18.4. The van der Waals surface area contributed by atoms with E-state index in [-0.39, 0.29) is 12.4 Å². The van der Waals surface area contributed by atoms with Crippen molar-refractivity contribution in [3.05, 3.63) is 35.9 Å². The molecule has 5 nitrogen and oxygen atoms in total. The number of rotatable bonds is 16. The standard InChI is InChI=1S/C19H36N2O3Si.ClH/c1-22-25(23-2,24-3)18-21-16-12-7-5-4-6-11-15-20-17-19-13-9-8-10-14-19;/h8-10,13-14,20-21H,4-7,11-12,15-18H2,1-3H3;1H. The predicted octanol–water partition coefficient (Wildman–Crippen LogP) is 3.55.